The van der Waals surface area contributed by atoms with Crippen LogP contribution in [0.5, 0.6) is 5.75 Å². The number of hydrogen-bond donors (Lipinski definition) is 16. The summed E-state index contributed by atoms with van der Waals surface area (Å²) >= 11 is 0. The van der Waals surface area contributed by atoms with Gasteiger partial charge in [-0.05, 0) is 132 Å². The van der Waals surface area contributed by atoms with Gasteiger partial charge in [-0.25, -0.2) is 0 Å². The molecule has 10 atom stereocenters. The molecule has 27 heteroatoms. The number of aliphatic hydroxyl groups is 1. The SMILES string of the molecule is CC(C)C[C@@H](NC(=O)[C@@H](CCCCN)NC(=O)[C@@H](CO)NC(=O)[C@@H](CC(C)C)NC(=O)[C@@H](CC(C)C)NC(=O)[C@@H](C)NC(=O)[C@@H](CCCCN)NC(=O)[C@@H](CC(C)C)NC(=O)[C@@H](Cc1ccc(O)cc1)NC(=O)[C@H](N)CCC(=O)O)C(N)=O. The van der Waals surface area contributed by atoms with Crippen LogP contribution in [0.1, 0.15) is 145 Å². The van der Waals surface area contributed by atoms with E-state index in [0.717, 1.165) is 0 Å². The van der Waals surface area contributed by atoms with Crippen LogP contribution in [0.15, 0.2) is 24.3 Å². The topological polar surface area (TPSA) is 461 Å². The average Bonchev–Trinajstić information content (AvgIpc) is 3.44. The van der Waals surface area contributed by atoms with Gasteiger partial charge in [0, 0.05) is 12.8 Å². The van der Waals surface area contributed by atoms with Crippen LogP contribution in [0.4, 0.5) is 0 Å². The fraction of sp³-hybridized carbons (Fsp3) is 0.696. The quantitative estimate of drug-likeness (QED) is 0.0329. The Morgan fingerprint density at radius 2 is 0.771 bits per heavy atom. The van der Waals surface area contributed by atoms with Gasteiger partial charge < -0.3 is 86.1 Å². The van der Waals surface area contributed by atoms with Crippen molar-refractivity contribution in [2.75, 3.05) is 19.7 Å². The Morgan fingerprint density at radius 1 is 0.434 bits per heavy atom. The van der Waals surface area contributed by atoms with Gasteiger partial charge in [0.1, 0.15) is 60.1 Å². The van der Waals surface area contributed by atoms with Gasteiger partial charge in [0.15, 0.2) is 0 Å². The van der Waals surface area contributed by atoms with Crippen LogP contribution in [-0.2, 0) is 59.2 Å². The third-order valence-electron chi connectivity index (χ3n) is 13.1. The van der Waals surface area contributed by atoms with E-state index < -0.39 is 138 Å². The highest BCUT2D eigenvalue weighted by molar-refractivity contribution is 5.98. The highest BCUT2D eigenvalue weighted by Crippen LogP contribution is 2.15. The van der Waals surface area contributed by atoms with Gasteiger partial charge in [-0.1, -0.05) is 67.5 Å². The lowest BCUT2D eigenvalue weighted by molar-refractivity contribution is -0.137. The number of carbonyl (C=O) groups excluding carboxylic acids is 10. The van der Waals surface area contributed by atoms with E-state index in [9.17, 15) is 63.0 Å². The van der Waals surface area contributed by atoms with Crippen molar-refractivity contribution in [1.29, 1.82) is 0 Å². The predicted octanol–water partition coefficient (Wildman–Crippen LogP) is -1.57. The number of hydrogen-bond acceptors (Lipinski definition) is 16. The van der Waals surface area contributed by atoms with Gasteiger partial charge in [0.25, 0.3) is 0 Å². The van der Waals surface area contributed by atoms with E-state index in [1.54, 1.807) is 41.5 Å². The number of phenols is 1. The molecule has 20 N–H and O–H groups in total. The Bertz CT molecular complexity index is 2270. The van der Waals surface area contributed by atoms with Crippen molar-refractivity contribution in [3.05, 3.63) is 29.8 Å². The first-order valence-corrected chi connectivity index (χ1v) is 28.7. The standard InChI is InChI=1S/C56H97N13O14/c1-30(2)24-40(47(60)74)64-51(78)39(15-11-13-23-58)63-56(83)45(29-70)69-54(81)43(27-33(7)8)67-53(80)41(25-31(3)4)65-48(75)34(9)61-50(77)38(14-10-12-22-57)62-52(79)42(26-32(5)6)68-55(82)44(28-35-16-18-36(71)19-17-35)66-49(76)37(59)20-21-46(72)73/h16-19,30-34,37-45,70-71H,10-15,20-29,57-59H2,1-9H3,(H2,60,74)(H,61,77)(H,62,79)(H,63,83)(H,64,78)(H,65,75)(H,66,76)(H,67,80)(H,68,82)(H,69,81)(H,72,73)/t34-,37-,38-,39-,40-,41-,42-,43-,44-,45-/m1/s1. The third-order valence-corrected chi connectivity index (χ3v) is 13.1. The highest BCUT2D eigenvalue weighted by atomic mass is 16.4. The molecule has 0 aliphatic carbocycles. The molecule has 0 saturated carbocycles. The van der Waals surface area contributed by atoms with Crippen LogP contribution in [0, 0.1) is 23.7 Å². The van der Waals surface area contributed by atoms with Crippen LogP contribution in [-0.4, -0.2) is 160 Å². The second kappa shape index (κ2) is 38.7. The van der Waals surface area contributed by atoms with Crippen molar-refractivity contribution in [3.63, 3.8) is 0 Å². The monoisotopic (exact) mass is 1180 g/mol. The maximum absolute atomic E-state index is 14.2. The van der Waals surface area contributed by atoms with Gasteiger partial charge in [0.2, 0.25) is 59.1 Å². The lowest BCUT2D eigenvalue weighted by Crippen LogP contribution is -2.61. The number of rotatable bonds is 41. The minimum atomic E-state index is -1.60. The van der Waals surface area contributed by atoms with Gasteiger partial charge >= 0.3 is 5.97 Å². The van der Waals surface area contributed by atoms with Gasteiger partial charge in [0.05, 0.1) is 12.6 Å². The van der Waals surface area contributed by atoms with E-state index in [1.807, 2.05) is 13.8 Å². The van der Waals surface area contributed by atoms with E-state index in [0.29, 0.717) is 37.8 Å². The van der Waals surface area contributed by atoms with E-state index >= 15 is 0 Å². The predicted molar refractivity (Wildman–Crippen MR) is 310 cm³/mol. The number of carbonyl (C=O) groups is 11. The summed E-state index contributed by atoms with van der Waals surface area (Å²) in [7, 11) is 0. The first-order valence-electron chi connectivity index (χ1n) is 28.7. The van der Waals surface area contributed by atoms with E-state index in [4.69, 9.17) is 28.0 Å². The molecule has 1 aromatic carbocycles. The Morgan fingerprint density at radius 3 is 1.17 bits per heavy atom. The summed E-state index contributed by atoms with van der Waals surface area (Å²) in [5.41, 5.74) is 23.4. The molecular weight excluding hydrogens is 1080 g/mol. The summed E-state index contributed by atoms with van der Waals surface area (Å²) in [5.74, 6) is -9.88. The summed E-state index contributed by atoms with van der Waals surface area (Å²) in [6.45, 7) is 15.4. The van der Waals surface area contributed by atoms with E-state index in [2.05, 4.69) is 47.9 Å². The lowest BCUT2D eigenvalue weighted by Gasteiger charge is -2.28. The number of benzene rings is 1. The first-order chi connectivity index (χ1) is 38.9. The highest BCUT2D eigenvalue weighted by Gasteiger charge is 2.36. The summed E-state index contributed by atoms with van der Waals surface area (Å²) in [4.78, 5) is 148. The van der Waals surface area contributed by atoms with Gasteiger partial charge in [-0.2, -0.15) is 0 Å². The molecule has 0 aliphatic heterocycles. The fourth-order valence-electron chi connectivity index (χ4n) is 8.62. The molecular formula is C56H97N13O14. The number of aliphatic hydroxyl groups excluding tert-OH is 1. The average molecular weight is 1180 g/mol. The largest absolute Gasteiger partial charge is 0.508 e. The molecule has 0 aromatic heterocycles. The molecule has 0 aliphatic rings. The Kier molecular flexibility index (Phi) is 34.6. The van der Waals surface area contributed by atoms with E-state index in [1.165, 1.54) is 31.2 Å². The van der Waals surface area contributed by atoms with Crippen molar-refractivity contribution in [2.24, 2.45) is 46.6 Å². The van der Waals surface area contributed by atoms with E-state index in [-0.39, 0.29) is 87.3 Å². The molecule has 0 unspecified atom stereocenters. The summed E-state index contributed by atoms with van der Waals surface area (Å²) in [5, 5.41) is 52.7. The number of carboxylic acid groups (broad SMARTS) is 1. The number of nitrogens with one attached hydrogen (secondary N) is 9. The zero-order valence-electron chi connectivity index (χ0n) is 49.8. The Balaban J connectivity index is 3.38. The third kappa shape index (κ3) is 29.7. The Labute approximate surface area is 487 Å². The molecule has 0 heterocycles. The Hall–Kier alpha value is -6.97. The maximum atomic E-state index is 14.2. The van der Waals surface area contributed by atoms with Crippen LogP contribution in [0.25, 0.3) is 0 Å². The second-order valence-electron chi connectivity index (χ2n) is 22.8. The van der Waals surface area contributed by atoms with Crippen LogP contribution < -0.4 is 70.8 Å². The maximum Gasteiger partial charge on any atom is 0.303 e. The minimum absolute atomic E-state index is 0.0106. The normalized spacial score (nSPS) is 15.0. The number of amides is 10. The molecule has 0 bridgehead atoms. The zero-order chi connectivity index (χ0) is 63.1. The number of aromatic hydroxyl groups is 1. The molecule has 0 spiro atoms. The number of phenolic OH excluding ortho intramolecular Hbond substituents is 1. The van der Waals surface area contributed by atoms with Crippen molar-refractivity contribution in [3.8, 4) is 5.75 Å². The number of unbranched alkanes of at least 4 members (excludes halogenated alkanes) is 2. The molecule has 0 saturated heterocycles. The van der Waals surface area contributed by atoms with Gasteiger partial charge in [-0.3, -0.25) is 52.7 Å². The number of nitrogens with two attached hydrogens (primary N) is 4. The number of primary amides is 1. The molecule has 1 rings (SSSR count). The van der Waals surface area contributed by atoms with Crippen LogP contribution >= 0.6 is 0 Å². The van der Waals surface area contributed by atoms with Crippen LogP contribution in [0.3, 0.4) is 0 Å². The smallest absolute Gasteiger partial charge is 0.303 e. The molecule has 0 fully saturated rings. The fourth-order valence-corrected chi connectivity index (χ4v) is 8.62. The first kappa shape index (κ1) is 74.0. The van der Waals surface area contributed by atoms with Crippen molar-refractivity contribution in [2.45, 2.75) is 206 Å². The van der Waals surface area contributed by atoms with Gasteiger partial charge in [-0.15, -0.1) is 0 Å². The molecule has 1 aromatic rings. The van der Waals surface area contributed by atoms with Crippen LogP contribution in [0.2, 0.25) is 0 Å². The molecule has 10 amide bonds. The van der Waals surface area contributed by atoms with Crippen molar-refractivity contribution >= 4 is 65.0 Å². The van der Waals surface area contributed by atoms with Crippen molar-refractivity contribution in [1.82, 2.24) is 47.9 Å². The molecule has 83 heavy (non-hydrogen) atoms. The molecule has 27 nitrogen and oxygen atoms in total. The molecule has 470 valence electrons. The summed E-state index contributed by atoms with van der Waals surface area (Å²) < 4.78 is 0. The number of carboxylic acids is 1. The minimum Gasteiger partial charge on any atom is -0.508 e. The second-order valence-corrected chi connectivity index (χ2v) is 22.8. The number of aliphatic carboxylic acids is 1. The van der Waals surface area contributed by atoms with Crippen molar-refractivity contribution < 1.29 is 68.1 Å². The zero-order valence-corrected chi connectivity index (χ0v) is 49.8. The lowest BCUT2D eigenvalue weighted by atomic mass is 9.99. The summed E-state index contributed by atoms with van der Waals surface area (Å²) in [6.07, 6.45) is 1.54. The summed E-state index contributed by atoms with van der Waals surface area (Å²) in [6, 6.07) is -7.05. The molecule has 0 radical (unpaired) electrons.